The molecule has 25 heavy (non-hydrogen) atoms. The Hall–Kier alpha value is -3.08. The molecule has 0 atom stereocenters. The average Bonchev–Trinajstić information content (AvgIpc) is 2.87. The number of imide groups is 1. The molecule has 2 aromatic rings. The van der Waals surface area contributed by atoms with Gasteiger partial charge < -0.3 is 9.64 Å². The van der Waals surface area contributed by atoms with E-state index in [-0.39, 0.29) is 11.8 Å². The van der Waals surface area contributed by atoms with Gasteiger partial charge in [0.1, 0.15) is 11.4 Å². The van der Waals surface area contributed by atoms with Gasteiger partial charge in [-0.05, 0) is 25.1 Å². The molecule has 2 amide bonds. The largest absolute Gasteiger partial charge is 0.496 e. The number of anilines is 1. The Morgan fingerprint density at radius 3 is 2.24 bits per heavy atom. The molecule has 0 saturated heterocycles. The molecule has 0 unspecified atom stereocenters. The molecular weight excluding hydrogens is 316 g/mol. The molecule has 0 spiro atoms. The summed E-state index contributed by atoms with van der Waals surface area (Å²) < 4.78 is 5.41. The second-order valence-corrected chi connectivity index (χ2v) is 5.67. The van der Waals surface area contributed by atoms with E-state index in [0.717, 1.165) is 10.6 Å². The van der Waals surface area contributed by atoms with Gasteiger partial charge in [-0.1, -0.05) is 36.4 Å². The maximum absolute atomic E-state index is 12.8. The number of para-hydroxylation sites is 2. The minimum atomic E-state index is -0.320. The summed E-state index contributed by atoms with van der Waals surface area (Å²) in [6, 6.07) is 16.8. The third kappa shape index (κ3) is 2.78. The molecule has 0 fully saturated rings. The van der Waals surface area contributed by atoms with E-state index in [1.54, 1.807) is 19.2 Å². The molecule has 0 saturated carbocycles. The Kier molecular flexibility index (Phi) is 4.57. The summed E-state index contributed by atoms with van der Waals surface area (Å²) in [5.41, 5.74) is 2.24. The minimum Gasteiger partial charge on any atom is -0.496 e. The molecule has 0 bridgehead atoms. The zero-order valence-electron chi connectivity index (χ0n) is 14.5. The summed E-state index contributed by atoms with van der Waals surface area (Å²) in [5.74, 6) is -0.0638. The predicted octanol–water partition coefficient (Wildman–Crippen LogP) is 2.93. The molecule has 0 N–H and O–H groups in total. The van der Waals surface area contributed by atoms with Crippen LogP contribution < -0.4 is 9.64 Å². The summed E-state index contributed by atoms with van der Waals surface area (Å²) in [6.07, 6.45) is 0. The van der Waals surface area contributed by atoms with Gasteiger partial charge in [0.05, 0.1) is 12.7 Å². The van der Waals surface area contributed by atoms with Crippen molar-refractivity contribution in [2.75, 3.05) is 25.6 Å². The van der Waals surface area contributed by atoms with Crippen molar-refractivity contribution in [2.45, 2.75) is 6.92 Å². The van der Waals surface area contributed by atoms with Crippen LogP contribution in [0.5, 0.6) is 5.75 Å². The van der Waals surface area contributed by atoms with Crippen molar-refractivity contribution in [1.82, 2.24) is 4.90 Å². The van der Waals surface area contributed by atoms with Gasteiger partial charge in [-0.25, -0.2) is 0 Å². The first-order chi connectivity index (χ1) is 12.1. The fourth-order valence-electron chi connectivity index (χ4n) is 3.05. The predicted molar refractivity (Wildman–Crippen MR) is 97.2 cm³/mol. The first-order valence-corrected chi connectivity index (χ1v) is 8.12. The van der Waals surface area contributed by atoms with Crippen LogP contribution in [0.2, 0.25) is 0 Å². The lowest BCUT2D eigenvalue weighted by molar-refractivity contribution is -0.135. The second-order valence-electron chi connectivity index (χ2n) is 5.67. The van der Waals surface area contributed by atoms with E-state index >= 15 is 0 Å². The van der Waals surface area contributed by atoms with Crippen molar-refractivity contribution in [3.8, 4) is 5.75 Å². The summed E-state index contributed by atoms with van der Waals surface area (Å²) >= 11 is 0. The lowest BCUT2D eigenvalue weighted by Crippen LogP contribution is -2.32. The van der Waals surface area contributed by atoms with Crippen LogP contribution in [0, 0.1) is 0 Å². The average molecular weight is 336 g/mol. The Balaban J connectivity index is 2.25. The number of carbonyl (C=O) groups excluding carboxylic acids is 2. The van der Waals surface area contributed by atoms with E-state index in [1.165, 1.54) is 7.05 Å². The number of ether oxygens (including phenoxy) is 1. The van der Waals surface area contributed by atoms with Crippen molar-refractivity contribution in [3.63, 3.8) is 0 Å². The van der Waals surface area contributed by atoms with Gasteiger partial charge in [0.25, 0.3) is 11.8 Å². The highest BCUT2D eigenvalue weighted by Gasteiger charge is 2.40. The Labute approximate surface area is 147 Å². The SMILES string of the molecule is CCN(C1=C(c2ccccc2OC)C(=O)N(C)C1=O)c1ccccc1. The van der Waals surface area contributed by atoms with Gasteiger partial charge >= 0.3 is 0 Å². The standard InChI is InChI=1S/C20H20N2O3/c1-4-22(14-10-6-5-7-11-14)18-17(19(23)21(2)20(18)24)15-12-8-9-13-16(15)25-3/h5-13H,4H2,1-3H3. The second kappa shape index (κ2) is 6.81. The monoisotopic (exact) mass is 336 g/mol. The normalized spacial score (nSPS) is 14.3. The van der Waals surface area contributed by atoms with Crippen molar-refractivity contribution in [3.05, 3.63) is 65.9 Å². The molecule has 5 heteroatoms. The van der Waals surface area contributed by atoms with Crippen LogP contribution in [-0.2, 0) is 9.59 Å². The number of hydrogen-bond acceptors (Lipinski definition) is 4. The van der Waals surface area contributed by atoms with Crippen molar-refractivity contribution >= 4 is 23.1 Å². The first kappa shape index (κ1) is 16.8. The highest BCUT2D eigenvalue weighted by molar-refractivity contribution is 6.37. The van der Waals surface area contributed by atoms with Crippen LogP contribution in [-0.4, -0.2) is 37.4 Å². The van der Waals surface area contributed by atoms with Crippen LogP contribution >= 0.6 is 0 Å². The molecule has 2 aromatic carbocycles. The van der Waals surface area contributed by atoms with Crippen molar-refractivity contribution in [1.29, 1.82) is 0 Å². The topological polar surface area (TPSA) is 49.9 Å². The summed E-state index contributed by atoms with van der Waals surface area (Å²) in [4.78, 5) is 28.7. The fraction of sp³-hybridized carbons (Fsp3) is 0.200. The molecule has 0 radical (unpaired) electrons. The molecule has 128 valence electrons. The highest BCUT2D eigenvalue weighted by atomic mass is 16.5. The minimum absolute atomic E-state index is 0.309. The lowest BCUT2D eigenvalue weighted by atomic mass is 10.0. The molecule has 1 aliphatic rings. The number of benzene rings is 2. The van der Waals surface area contributed by atoms with Gasteiger partial charge in [0.15, 0.2) is 0 Å². The summed E-state index contributed by atoms with van der Waals surface area (Å²) in [5, 5.41) is 0. The fourth-order valence-corrected chi connectivity index (χ4v) is 3.05. The van der Waals surface area contributed by atoms with Gasteiger partial charge in [-0.2, -0.15) is 0 Å². The molecule has 0 aromatic heterocycles. The van der Waals surface area contributed by atoms with E-state index in [1.807, 2.05) is 54.3 Å². The van der Waals surface area contributed by atoms with E-state index in [2.05, 4.69) is 0 Å². The number of rotatable bonds is 5. The maximum atomic E-state index is 12.8. The van der Waals surface area contributed by atoms with E-state index < -0.39 is 0 Å². The molecular formula is C20H20N2O3. The van der Waals surface area contributed by atoms with Crippen LogP contribution in [0.3, 0.4) is 0 Å². The van der Waals surface area contributed by atoms with E-state index in [9.17, 15) is 9.59 Å². The number of likely N-dealkylation sites (N-methyl/N-ethyl adjacent to an activating group) is 2. The van der Waals surface area contributed by atoms with Crippen molar-refractivity contribution < 1.29 is 14.3 Å². The Bertz CT molecular complexity index is 843. The number of carbonyl (C=O) groups is 2. The van der Waals surface area contributed by atoms with Gasteiger partial charge in [-0.15, -0.1) is 0 Å². The van der Waals surface area contributed by atoms with Crippen LogP contribution in [0.4, 0.5) is 5.69 Å². The summed E-state index contributed by atoms with van der Waals surface area (Å²) in [6.45, 7) is 2.51. The molecule has 0 aliphatic carbocycles. The molecule has 1 aliphatic heterocycles. The maximum Gasteiger partial charge on any atom is 0.277 e. The summed E-state index contributed by atoms with van der Waals surface area (Å²) in [7, 11) is 3.06. The van der Waals surface area contributed by atoms with Gasteiger partial charge in [-0.3, -0.25) is 14.5 Å². The Morgan fingerprint density at radius 2 is 1.60 bits per heavy atom. The van der Waals surface area contributed by atoms with E-state index in [4.69, 9.17) is 4.74 Å². The van der Waals surface area contributed by atoms with Gasteiger partial charge in [0.2, 0.25) is 0 Å². The molecule has 5 nitrogen and oxygen atoms in total. The quantitative estimate of drug-likeness (QED) is 0.788. The van der Waals surface area contributed by atoms with E-state index in [0.29, 0.717) is 29.1 Å². The highest BCUT2D eigenvalue weighted by Crippen LogP contribution is 2.37. The van der Waals surface area contributed by atoms with Gasteiger partial charge in [0, 0.05) is 24.8 Å². The number of amides is 2. The van der Waals surface area contributed by atoms with Crippen LogP contribution in [0.25, 0.3) is 5.57 Å². The van der Waals surface area contributed by atoms with Crippen molar-refractivity contribution in [2.24, 2.45) is 0 Å². The first-order valence-electron chi connectivity index (χ1n) is 8.12. The third-order valence-corrected chi connectivity index (χ3v) is 4.29. The number of hydrogen-bond donors (Lipinski definition) is 0. The molecule has 3 rings (SSSR count). The smallest absolute Gasteiger partial charge is 0.277 e. The number of nitrogens with zero attached hydrogens (tertiary/aromatic N) is 2. The molecule has 1 heterocycles. The number of methoxy groups -OCH3 is 1. The third-order valence-electron chi connectivity index (χ3n) is 4.29. The Morgan fingerprint density at radius 1 is 0.960 bits per heavy atom. The zero-order valence-corrected chi connectivity index (χ0v) is 14.5. The van der Waals surface area contributed by atoms with Crippen LogP contribution in [0.15, 0.2) is 60.3 Å². The van der Waals surface area contributed by atoms with Crippen LogP contribution in [0.1, 0.15) is 12.5 Å². The zero-order chi connectivity index (χ0) is 18.0. The lowest BCUT2D eigenvalue weighted by Gasteiger charge is -2.24.